The fourth-order valence-corrected chi connectivity index (χ4v) is 1.38. The molecule has 1 N–H and O–H groups in total. The van der Waals surface area contributed by atoms with E-state index in [-0.39, 0.29) is 5.91 Å². The minimum absolute atomic E-state index is 0.333. The van der Waals surface area contributed by atoms with E-state index in [1.165, 1.54) is 0 Å². The minimum Gasteiger partial charge on any atom is -0.268 e. The predicted molar refractivity (Wildman–Crippen MR) is 64.5 cm³/mol. The van der Waals surface area contributed by atoms with Crippen LogP contribution in [0.15, 0.2) is 18.2 Å². The van der Waals surface area contributed by atoms with Crippen molar-refractivity contribution < 1.29 is 9.63 Å². The molecule has 0 saturated carbocycles. The third-order valence-electron chi connectivity index (χ3n) is 1.82. The molecule has 0 aromatic heterocycles. The first-order valence-corrected chi connectivity index (χ1v) is 5.42. The molecule has 0 bridgehead atoms. The summed E-state index contributed by atoms with van der Waals surface area (Å²) in [6.07, 6.45) is 0. The zero-order valence-corrected chi connectivity index (χ0v) is 10.7. The summed E-state index contributed by atoms with van der Waals surface area (Å²) in [5.41, 5.74) is 3.38. The summed E-state index contributed by atoms with van der Waals surface area (Å²) in [5.74, 6) is -0.333. The van der Waals surface area contributed by atoms with E-state index in [4.69, 9.17) is 16.4 Å². The lowest BCUT2D eigenvalue weighted by Gasteiger charge is -2.19. The van der Waals surface area contributed by atoms with Crippen LogP contribution in [0.2, 0.25) is 5.02 Å². The first kappa shape index (κ1) is 13.0. The quantitative estimate of drug-likeness (QED) is 0.808. The van der Waals surface area contributed by atoms with Gasteiger partial charge in [-0.05, 0) is 45.4 Å². The molecule has 0 fully saturated rings. The standard InChI is InChI=1S/C12H16ClNO2/c1-8-5-6-9(10(13)7-8)11(15)14-16-12(2,3)4/h5-7H,1-4H3,(H,14,15). The molecule has 1 amide bonds. The van der Waals surface area contributed by atoms with E-state index in [9.17, 15) is 4.79 Å². The van der Waals surface area contributed by atoms with E-state index in [2.05, 4.69) is 5.48 Å². The van der Waals surface area contributed by atoms with E-state index in [0.717, 1.165) is 5.56 Å². The largest absolute Gasteiger partial charge is 0.276 e. The third kappa shape index (κ3) is 3.83. The van der Waals surface area contributed by atoms with Crippen LogP contribution in [0.3, 0.4) is 0 Å². The van der Waals surface area contributed by atoms with Crippen molar-refractivity contribution in [3.63, 3.8) is 0 Å². The summed E-state index contributed by atoms with van der Waals surface area (Å²) in [7, 11) is 0. The summed E-state index contributed by atoms with van der Waals surface area (Å²) >= 11 is 5.96. The second kappa shape index (κ2) is 4.85. The molecule has 0 heterocycles. The van der Waals surface area contributed by atoms with Gasteiger partial charge < -0.3 is 0 Å². The third-order valence-corrected chi connectivity index (χ3v) is 2.13. The molecule has 0 aliphatic rings. The van der Waals surface area contributed by atoms with Gasteiger partial charge in [-0.15, -0.1) is 0 Å². The maximum absolute atomic E-state index is 11.7. The number of hydroxylamine groups is 1. The number of carbonyl (C=O) groups excluding carboxylic acids is 1. The number of rotatable bonds is 2. The highest BCUT2D eigenvalue weighted by Gasteiger charge is 2.15. The number of benzene rings is 1. The molecular weight excluding hydrogens is 226 g/mol. The van der Waals surface area contributed by atoms with Crippen LogP contribution in [0.5, 0.6) is 0 Å². The topological polar surface area (TPSA) is 38.3 Å². The van der Waals surface area contributed by atoms with Crippen molar-refractivity contribution in [3.8, 4) is 0 Å². The smallest absolute Gasteiger partial charge is 0.268 e. The molecule has 4 heteroatoms. The minimum atomic E-state index is -0.424. The van der Waals surface area contributed by atoms with Crippen molar-refractivity contribution in [2.75, 3.05) is 0 Å². The van der Waals surface area contributed by atoms with Crippen molar-refractivity contribution in [1.29, 1.82) is 0 Å². The Morgan fingerprint density at radius 2 is 2.00 bits per heavy atom. The maximum Gasteiger partial charge on any atom is 0.276 e. The van der Waals surface area contributed by atoms with Crippen molar-refractivity contribution in [2.45, 2.75) is 33.3 Å². The molecule has 0 aliphatic heterocycles. The Morgan fingerprint density at radius 3 is 2.50 bits per heavy atom. The number of hydrogen-bond donors (Lipinski definition) is 1. The van der Waals surface area contributed by atoms with Crippen LogP contribution in [-0.4, -0.2) is 11.5 Å². The van der Waals surface area contributed by atoms with Crippen LogP contribution in [0.25, 0.3) is 0 Å². The van der Waals surface area contributed by atoms with Gasteiger partial charge in [-0.25, -0.2) is 5.48 Å². The van der Waals surface area contributed by atoms with Crippen LogP contribution >= 0.6 is 11.6 Å². The summed E-state index contributed by atoms with van der Waals surface area (Å²) in [4.78, 5) is 16.9. The Labute approximate surface area is 101 Å². The zero-order chi connectivity index (χ0) is 12.3. The van der Waals surface area contributed by atoms with Gasteiger partial charge >= 0.3 is 0 Å². The van der Waals surface area contributed by atoms with E-state index in [0.29, 0.717) is 10.6 Å². The van der Waals surface area contributed by atoms with Crippen molar-refractivity contribution in [2.24, 2.45) is 0 Å². The van der Waals surface area contributed by atoms with Crippen molar-refractivity contribution in [3.05, 3.63) is 34.3 Å². The average molecular weight is 242 g/mol. The van der Waals surface area contributed by atoms with E-state index in [1.807, 2.05) is 33.8 Å². The Balaban J connectivity index is 2.74. The molecule has 1 rings (SSSR count). The van der Waals surface area contributed by atoms with E-state index >= 15 is 0 Å². The Bertz CT molecular complexity index is 396. The van der Waals surface area contributed by atoms with Gasteiger partial charge in [0.25, 0.3) is 5.91 Å². The Morgan fingerprint density at radius 1 is 1.38 bits per heavy atom. The molecule has 1 aromatic rings. The summed E-state index contributed by atoms with van der Waals surface area (Å²) in [5, 5.41) is 0.426. The van der Waals surface area contributed by atoms with Crippen molar-refractivity contribution in [1.82, 2.24) is 5.48 Å². The number of hydrogen-bond acceptors (Lipinski definition) is 2. The number of nitrogens with one attached hydrogen (secondary N) is 1. The monoisotopic (exact) mass is 241 g/mol. The Hall–Kier alpha value is -1.06. The van der Waals surface area contributed by atoms with Crippen LogP contribution in [0, 0.1) is 6.92 Å². The second-order valence-corrected chi connectivity index (χ2v) is 5.04. The van der Waals surface area contributed by atoms with Crippen LogP contribution < -0.4 is 5.48 Å². The number of carbonyl (C=O) groups is 1. The SMILES string of the molecule is Cc1ccc(C(=O)NOC(C)(C)C)c(Cl)c1. The van der Waals surface area contributed by atoms with Gasteiger partial charge in [0.15, 0.2) is 0 Å². The van der Waals surface area contributed by atoms with Gasteiger partial charge in [0.2, 0.25) is 0 Å². The molecule has 0 unspecified atom stereocenters. The fraction of sp³-hybridized carbons (Fsp3) is 0.417. The van der Waals surface area contributed by atoms with Crippen molar-refractivity contribution >= 4 is 17.5 Å². The highest BCUT2D eigenvalue weighted by molar-refractivity contribution is 6.33. The van der Waals surface area contributed by atoms with Gasteiger partial charge in [0, 0.05) is 0 Å². The predicted octanol–water partition coefficient (Wildman–Crippen LogP) is 3.11. The first-order chi connectivity index (χ1) is 7.29. The number of amides is 1. The molecule has 0 spiro atoms. The highest BCUT2D eigenvalue weighted by atomic mass is 35.5. The normalized spacial score (nSPS) is 11.3. The summed E-state index contributed by atoms with van der Waals surface area (Å²) in [6, 6.07) is 5.25. The van der Waals surface area contributed by atoms with E-state index in [1.54, 1.807) is 12.1 Å². The second-order valence-electron chi connectivity index (χ2n) is 4.63. The molecule has 1 aromatic carbocycles. The lowest BCUT2D eigenvalue weighted by atomic mass is 10.1. The van der Waals surface area contributed by atoms with Gasteiger partial charge in [0.1, 0.15) is 0 Å². The van der Waals surface area contributed by atoms with E-state index < -0.39 is 5.60 Å². The van der Waals surface area contributed by atoms with Gasteiger partial charge in [-0.3, -0.25) is 9.63 Å². The molecule has 16 heavy (non-hydrogen) atoms. The molecule has 0 aliphatic carbocycles. The number of aryl methyl sites for hydroxylation is 1. The zero-order valence-electron chi connectivity index (χ0n) is 9.93. The molecule has 0 radical (unpaired) electrons. The number of halogens is 1. The van der Waals surface area contributed by atoms with Crippen LogP contribution in [-0.2, 0) is 4.84 Å². The maximum atomic E-state index is 11.7. The highest BCUT2D eigenvalue weighted by Crippen LogP contribution is 2.17. The summed E-state index contributed by atoms with van der Waals surface area (Å²) in [6.45, 7) is 7.47. The molecule has 0 atom stereocenters. The van der Waals surface area contributed by atoms with Crippen LogP contribution in [0.1, 0.15) is 36.7 Å². The van der Waals surface area contributed by atoms with Gasteiger partial charge in [-0.2, -0.15) is 0 Å². The molecule has 0 saturated heterocycles. The molecular formula is C12H16ClNO2. The van der Waals surface area contributed by atoms with Crippen LogP contribution in [0.4, 0.5) is 0 Å². The van der Waals surface area contributed by atoms with Gasteiger partial charge in [0.05, 0.1) is 16.2 Å². The first-order valence-electron chi connectivity index (χ1n) is 5.04. The van der Waals surface area contributed by atoms with Gasteiger partial charge in [-0.1, -0.05) is 17.7 Å². The fourth-order valence-electron chi connectivity index (χ4n) is 1.06. The lowest BCUT2D eigenvalue weighted by Crippen LogP contribution is -2.33. The molecule has 88 valence electrons. The molecule has 3 nitrogen and oxygen atoms in total. The Kier molecular flexibility index (Phi) is 3.94. The summed E-state index contributed by atoms with van der Waals surface area (Å²) < 4.78 is 0. The average Bonchev–Trinajstić information content (AvgIpc) is 2.13. The lowest BCUT2D eigenvalue weighted by molar-refractivity contribution is -0.0589.